The highest BCUT2D eigenvalue weighted by atomic mass is 35.5. The van der Waals surface area contributed by atoms with E-state index in [4.69, 9.17) is 32.7 Å². The lowest BCUT2D eigenvalue weighted by molar-refractivity contribution is -0.142. The lowest BCUT2D eigenvalue weighted by Gasteiger charge is -2.17. The second-order valence-electron chi connectivity index (χ2n) is 5.17. The van der Waals surface area contributed by atoms with Crippen LogP contribution >= 0.6 is 23.2 Å². The van der Waals surface area contributed by atoms with E-state index < -0.39 is 0 Å². The third-order valence-corrected chi connectivity index (χ3v) is 4.35. The molecule has 1 aliphatic rings. The summed E-state index contributed by atoms with van der Waals surface area (Å²) in [4.78, 5) is 11.6. The molecule has 0 spiro atoms. The van der Waals surface area contributed by atoms with E-state index in [2.05, 4.69) is 5.32 Å². The normalized spacial score (nSPS) is 21.0. The summed E-state index contributed by atoms with van der Waals surface area (Å²) in [5.74, 6) is 0.317. The van der Waals surface area contributed by atoms with Crippen molar-refractivity contribution >= 4 is 39.9 Å². The van der Waals surface area contributed by atoms with Gasteiger partial charge in [0.25, 0.3) is 0 Å². The maximum atomic E-state index is 11.6. The second kappa shape index (κ2) is 6.32. The molecular weight excluding hydrogens is 325 g/mol. The smallest absolute Gasteiger partial charge is 0.323 e. The molecule has 3 rings (SSSR count). The van der Waals surface area contributed by atoms with Crippen molar-refractivity contribution in [3.63, 3.8) is 0 Å². The van der Waals surface area contributed by atoms with Gasteiger partial charge in [0.2, 0.25) is 0 Å². The Kier molecular flexibility index (Phi) is 4.43. The van der Waals surface area contributed by atoms with Crippen molar-refractivity contribution in [2.24, 2.45) is 0 Å². The Labute approximate surface area is 138 Å². The fourth-order valence-electron chi connectivity index (χ4n) is 2.67. The van der Waals surface area contributed by atoms with Gasteiger partial charge in [0.15, 0.2) is 0 Å². The van der Waals surface area contributed by atoms with E-state index in [-0.39, 0.29) is 18.1 Å². The number of ether oxygens (including phenoxy) is 2. The van der Waals surface area contributed by atoms with E-state index in [0.29, 0.717) is 28.8 Å². The van der Waals surface area contributed by atoms with Gasteiger partial charge < -0.3 is 14.8 Å². The van der Waals surface area contributed by atoms with Crippen LogP contribution in [0.2, 0.25) is 10.0 Å². The van der Waals surface area contributed by atoms with Crippen molar-refractivity contribution in [2.75, 3.05) is 13.7 Å². The van der Waals surface area contributed by atoms with Crippen LogP contribution in [-0.2, 0) is 9.53 Å². The summed E-state index contributed by atoms with van der Waals surface area (Å²) >= 11 is 12.5. The van der Waals surface area contributed by atoms with Gasteiger partial charge in [-0.2, -0.15) is 0 Å². The molecule has 6 heteroatoms. The minimum Gasteiger partial charge on any atom is -0.487 e. The maximum absolute atomic E-state index is 11.6. The van der Waals surface area contributed by atoms with Crippen LogP contribution < -0.4 is 10.1 Å². The third kappa shape index (κ3) is 2.86. The standard InChI is InChI=1S/C16H15Cl2NO3/c1-21-16(20)14-6-9(8-19-14)22-15-11-5-3-2-4-10(11)12(17)7-13(15)18/h2-5,7,9,14,19H,6,8H2,1H3/t9-,14-/m0/s1. The van der Waals surface area contributed by atoms with Crippen LogP contribution in [0.5, 0.6) is 5.75 Å². The molecule has 4 nitrogen and oxygen atoms in total. The van der Waals surface area contributed by atoms with E-state index in [1.807, 2.05) is 24.3 Å². The van der Waals surface area contributed by atoms with Crippen LogP contribution in [0.3, 0.4) is 0 Å². The minimum absolute atomic E-state index is 0.147. The Hall–Kier alpha value is -1.49. The number of esters is 1. The number of hydrogen-bond acceptors (Lipinski definition) is 4. The summed E-state index contributed by atoms with van der Waals surface area (Å²) in [6.07, 6.45) is 0.395. The lowest BCUT2D eigenvalue weighted by Crippen LogP contribution is -2.31. The number of halogens is 2. The third-order valence-electron chi connectivity index (χ3n) is 3.76. The molecular formula is C16H15Cl2NO3. The van der Waals surface area contributed by atoms with Gasteiger partial charge in [-0.15, -0.1) is 0 Å². The Morgan fingerprint density at radius 1 is 1.23 bits per heavy atom. The second-order valence-corrected chi connectivity index (χ2v) is 5.99. The molecule has 22 heavy (non-hydrogen) atoms. The monoisotopic (exact) mass is 339 g/mol. The topological polar surface area (TPSA) is 47.6 Å². The quantitative estimate of drug-likeness (QED) is 0.870. The van der Waals surface area contributed by atoms with E-state index >= 15 is 0 Å². The van der Waals surface area contributed by atoms with Gasteiger partial charge in [-0.3, -0.25) is 4.79 Å². The van der Waals surface area contributed by atoms with Crippen LogP contribution in [-0.4, -0.2) is 31.8 Å². The molecule has 1 aliphatic heterocycles. The van der Waals surface area contributed by atoms with Crippen molar-refractivity contribution in [3.8, 4) is 5.75 Å². The molecule has 0 aliphatic carbocycles. The number of carbonyl (C=O) groups excluding carboxylic acids is 1. The highest BCUT2D eigenvalue weighted by Crippen LogP contribution is 2.39. The van der Waals surface area contributed by atoms with Crippen molar-refractivity contribution in [2.45, 2.75) is 18.6 Å². The molecule has 1 saturated heterocycles. The molecule has 2 aromatic rings. The first-order valence-corrected chi connectivity index (χ1v) is 7.70. The van der Waals surface area contributed by atoms with Crippen molar-refractivity contribution in [3.05, 3.63) is 40.4 Å². The molecule has 1 fully saturated rings. The highest BCUT2D eigenvalue weighted by molar-refractivity contribution is 6.39. The largest absolute Gasteiger partial charge is 0.487 e. The van der Waals surface area contributed by atoms with Gasteiger partial charge in [0.05, 0.1) is 17.2 Å². The average Bonchev–Trinajstić information content (AvgIpc) is 2.99. The first-order valence-electron chi connectivity index (χ1n) is 6.94. The van der Waals surface area contributed by atoms with E-state index in [1.165, 1.54) is 7.11 Å². The minimum atomic E-state index is -0.340. The number of rotatable bonds is 3. The average molecular weight is 340 g/mol. The number of benzene rings is 2. The summed E-state index contributed by atoms with van der Waals surface area (Å²) in [6.45, 7) is 0.563. The maximum Gasteiger partial charge on any atom is 0.323 e. The van der Waals surface area contributed by atoms with Gasteiger partial charge in [-0.25, -0.2) is 0 Å². The molecule has 0 amide bonds. The molecule has 0 bridgehead atoms. The van der Waals surface area contributed by atoms with Gasteiger partial charge in [0.1, 0.15) is 17.9 Å². The summed E-state index contributed by atoms with van der Waals surface area (Å²) in [6, 6.07) is 9.00. The predicted octanol–water partition coefficient (Wildman–Crippen LogP) is 3.43. The van der Waals surface area contributed by atoms with E-state index in [1.54, 1.807) is 6.07 Å². The van der Waals surface area contributed by atoms with Gasteiger partial charge in [0, 0.05) is 23.7 Å². The Morgan fingerprint density at radius 2 is 1.95 bits per heavy atom. The number of methoxy groups -OCH3 is 1. The summed E-state index contributed by atoms with van der Waals surface area (Å²) in [5.41, 5.74) is 0. The molecule has 0 saturated carbocycles. The van der Waals surface area contributed by atoms with Gasteiger partial charge in [-0.05, 0) is 6.07 Å². The van der Waals surface area contributed by atoms with Crippen LogP contribution in [0.15, 0.2) is 30.3 Å². The van der Waals surface area contributed by atoms with Crippen molar-refractivity contribution in [1.29, 1.82) is 0 Å². The van der Waals surface area contributed by atoms with Crippen LogP contribution in [0.4, 0.5) is 0 Å². The molecule has 0 unspecified atom stereocenters. The van der Waals surface area contributed by atoms with Crippen molar-refractivity contribution < 1.29 is 14.3 Å². The predicted molar refractivity (Wildman–Crippen MR) is 86.8 cm³/mol. The molecule has 1 heterocycles. The molecule has 2 aromatic carbocycles. The van der Waals surface area contributed by atoms with Crippen LogP contribution in [0.1, 0.15) is 6.42 Å². The van der Waals surface area contributed by atoms with Crippen molar-refractivity contribution in [1.82, 2.24) is 5.32 Å². The fraction of sp³-hybridized carbons (Fsp3) is 0.312. The lowest BCUT2D eigenvalue weighted by atomic mass is 10.1. The zero-order chi connectivity index (χ0) is 15.7. The molecule has 0 aromatic heterocycles. The first kappa shape index (κ1) is 15.4. The van der Waals surface area contributed by atoms with E-state index in [9.17, 15) is 4.79 Å². The van der Waals surface area contributed by atoms with E-state index in [0.717, 1.165) is 10.8 Å². The Bertz CT molecular complexity index is 720. The number of nitrogens with one attached hydrogen (secondary N) is 1. The molecule has 116 valence electrons. The number of carbonyl (C=O) groups is 1. The van der Waals surface area contributed by atoms with Gasteiger partial charge >= 0.3 is 5.97 Å². The molecule has 0 radical (unpaired) electrons. The van der Waals surface area contributed by atoms with Crippen LogP contribution in [0.25, 0.3) is 10.8 Å². The summed E-state index contributed by atoms with van der Waals surface area (Å²) in [5, 5.41) is 5.89. The highest BCUT2D eigenvalue weighted by Gasteiger charge is 2.32. The Balaban J connectivity index is 1.87. The summed E-state index contributed by atoms with van der Waals surface area (Å²) < 4.78 is 10.8. The number of fused-ring (bicyclic) bond motifs is 1. The SMILES string of the molecule is COC(=O)[C@@H]1C[C@H](Oc2c(Cl)cc(Cl)c3ccccc23)CN1. The van der Waals surface area contributed by atoms with Crippen LogP contribution in [0, 0.1) is 0 Å². The molecule has 2 atom stereocenters. The zero-order valence-corrected chi connectivity index (χ0v) is 13.4. The zero-order valence-electron chi connectivity index (χ0n) is 11.9. The first-order chi connectivity index (χ1) is 10.6. The Morgan fingerprint density at radius 3 is 2.68 bits per heavy atom. The number of hydrogen-bond donors (Lipinski definition) is 1. The van der Waals surface area contributed by atoms with Gasteiger partial charge in [-0.1, -0.05) is 47.5 Å². The summed E-state index contributed by atoms with van der Waals surface area (Å²) in [7, 11) is 1.38. The fourth-order valence-corrected chi connectivity index (χ4v) is 3.26. The molecule has 1 N–H and O–H groups in total.